The van der Waals surface area contributed by atoms with E-state index in [9.17, 15) is 9.59 Å². The van der Waals surface area contributed by atoms with Gasteiger partial charge in [0.25, 0.3) is 0 Å². The van der Waals surface area contributed by atoms with Gasteiger partial charge in [0.1, 0.15) is 5.76 Å². The average molecular weight is 342 g/mol. The largest absolute Gasteiger partial charge is 0.467 e. The normalized spacial score (nSPS) is 24.1. The SMILES string of the molecule is O=C1C[C@@H](C(=O)N2CCC[C@@H](n3ccnc3)C2)CN1Cc1ccco1. The Bertz CT molecular complexity index is 726. The molecule has 0 saturated carbocycles. The molecule has 0 unspecified atom stereocenters. The Morgan fingerprint density at radius 3 is 3.04 bits per heavy atom. The molecule has 0 radical (unpaired) electrons. The summed E-state index contributed by atoms with van der Waals surface area (Å²) in [5.41, 5.74) is 0. The molecule has 2 fully saturated rings. The summed E-state index contributed by atoms with van der Waals surface area (Å²) >= 11 is 0. The van der Waals surface area contributed by atoms with Crippen LogP contribution in [0.3, 0.4) is 0 Å². The Hall–Kier alpha value is -2.57. The highest BCUT2D eigenvalue weighted by molar-refractivity contribution is 5.89. The number of aromatic nitrogens is 2. The summed E-state index contributed by atoms with van der Waals surface area (Å²) in [5, 5.41) is 0. The molecular formula is C18H22N4O3. The molecule has 2 aliphatic rings. The van der Waals surface area contributed by atoms with Crippen molar-refractivity contribution < 1.29 is 14.0 Å². The summed E-state index contributed by atoms with van der Waals surface area (Å²) in [6.45, 7) is 2.38. The number of amides is 2. The molecule has 0 N–H and O–H groups in total. The first-order valence-electron chi connectivity index (χ1n) is 8.77. The van der Waals surface area contributed by atoms with Crippen molar-refractivity contribution in [1.29, 1.82) is 0 Å². The maximum atomic E-state index is 12.9. The van der Waals surface area contributed by atoms with Crippen molar-refractivity contribution >= 4 is 11.8 Å². The van der Waals surface area contributed by atoms with Crippen molar-refractivity contribution in [3.05, 3.63) is 42.9 Å². The zero-order valence-corrected chi connectivity index (χ0v) is 14.1. The van der Waals surface area contributed by atoms with Crippen LogP contribution in [0.15, 0.2) is 41.5 Å². The van der Waals surface area contributed by atoms with Crippen LogP contribution in [0.4, 0.5) is 0 Å². The average Bonchev–Trinajstić information content (AvgIpc) is 3.38. The van der Waals surface area contributed by atoms with Crippen LogP contribution in [-0.4, -0.2) is 50.8 Å². The van der Waals surface area contributed by atoms with E-state index in [-0.39, 0.29) is 23.8 Å². The molecule has 4 rings (SSSR count). The Morgan fingerprint density at radius 2 is 2.28 bits per heavy atom. The Kier molecular flexibility index (Phi) is 4.29. The number of imidazole rings is 1. The molecule has 7 nitrogen and oxygen atoms in total. The van der Waals surface area contributed by atoms with E-state index in [2.05, 4.69) is 9.55 Å². The monoisotopic (exact) mass is 342 g/mol. The number of hydrogen-bond acceptors (Lipinski definition) is 4. The Labute approximate surface area is 146 Å². The van der Waals surface area contributed by atoms with Gasteiger partial charge in [0.05, 0.1) is 31.1 Å². The van der Waals surface area contributed by atoms with Gasteiger partial charge in [0.2, 0.25) is 11.8 Å². The second-order valence-electron chi connectivity index (χ2n) is 6.84. The quantitative estimate of drug-likeness (QED) is 0.848. The molecular weight excluding hydrogens is 320 g/mol. The standard InChI is InChI=1S/C18H22N4O3/c23-17-9-14(10-22(17)12-16-4-2-8-25-16)18(24)20-6-1-3-15(11-20)21-7-5-19-13-21/h2,4-5,7-8,13-15H,1,3,6,9-12H2/t14-,15-/m1/s1. The second-order valence-corrected chi connectivity index (χ2v) is 6.84. The van der Waals surface area contributed by atoms with Gasteiger partial charge in [-0.15, -0.1) is 0 Å². The predicted octanol–water partition coefficient (Wildman–Crippen LogP) is 1.69. The van der Waals surface area contributed by atoms with Gasteiger partial charge in [-0.05, 0) is 25.0 Å². The van der Waals surface area contributed by atoms with E-state index in [0.29, 0.717) is 26.1 Å². The minimum atomic E-state index is -0.246. The van der Waals surface area contributed by atoms with Gasteiger partial charge in [0, 0.05) is 38.4 Å². The van der Waals surface area contributed by atoms with Crippen LogP contribution in [0.2, 0.25) is 0 Å². The number of piperidine rings is 1. The molecule has 4 heterocycles. The third-order valence-electron chi connectivity index (χ3n) is 5.15. The van der Waals surface area contributed by atoms with Crippen LogP contribution in [0.1, 0.15) is 31.1 Å². The van der Waals surface area contributed by atoms with Gasteiger partial charge < -0.3 is 18.8 Å². The van der Waals surface area contributed by atoms with E-state index >= 15 is 0 Å². The van der Waals surface area contributed by atoms with E-state index in [1.54, 1.807) is 17.4 Å². The zero-order valence-electron chi connectivity index (χ0n) is 14.1. The van der Waals surface area contributed by atoms with Gasteiger partial charge in [-0.25, -0.2) is 4.98 Å². The first-order chi connectivity index (χ1) is 12.2. The van der Waals surface area contributed by atoms with Crippen molar-refractivity contribution in [1.82, 2.24) is 19.4 Å². The van der Waals surface area contributed by atoms with Crippen LogP contribution in [-0.2, 0) is 16.1 Å². The number of likely N-dealkylation sites (tertiary alicyclic amines) is 2. The molecule has 2 atom stereocenters. The van der Waals surface area contributed by atoms with E-state index in [1.807, 2.05) is 29.6 Å². The minimum absolute atomic E-state index is 0.0259. The molecule has 132 valence electrons. The molecule has 2 aliphatic heterocycles. The van der Waals surface area contributed by atoms with Crippen LogP contribution >= 0.6 is 0 Å². The molecule has 2 aromatic heterocycles. The fourth-order valence-electron chi connectivity index (χ4n) is 3.82. The predicted molar refractivity (Wildman–Crippen MR) is 89.3 cm³/mol. The Morgan fingerprint density at radius 1 is 1.36 bits per heavy atom. The number of carbonyl (C=O) groups is 2. The lowest BCUT2D eigenvalue weighted by Crippen LogP contribution is -2.44. The van der Waals surface area contributed by atoms with Gasteiger partial charge in [-0.1, -0.05) is 0 Å². The van der Waals surface area contributed by atoms with E-state index in [4.69, 9.17) is 4.42 Å². The number of carbonyl (C=O) groups excluding carboxylic acids is 2. The number of furan rings is 1. The van der Waals surface area contributed by atoms with E-state index < -0.39 is 0 Å². The van der Waals surface area contributed by atoms with Crippen LogP contribution in [0.5, 0.6) is 0 Å². The third-order valence-corrected chi connectivity index (χ3v) is 5.15. The Balaban J connectivity index is 1.38. The number of nitrogens with zero attached hydrogens (tertiary/aromatic N) is 4. The molecule has 25 heavy (non-hydrogen) atoms. The van der Waals surface area contributed by atoms with E-state index in [0.717, 1.165) is 25.1 Å². The maximum Gasteiger partial charge on any atom is 0.228 e. The van der Waals surface area contributed by atoms with Crippen molar-refractivity contribution in [2.24, 2.45) is 5.92 Å². The van der Waals surface area contributed by atoms with Gasteiger partial charge in [-0.2, -0.15) is 0 Å². The summed E-state index contributed by atoms with van der Waals surface area (Å²) in [6, 6.07) is 3.93. The number of hydrogen-bond donors (Lipinski definition) is 0. The fourth-order valence-corrected chi connectivity index (χ4v) is 3.82. The van der Waals surface area contributed by atoms with Crippen LogP contribution in [0, 0.1) is 5.92 Å². The summed E-state index contributed by atoms with van der Waals surface area (Å²) in [6.07, 6.45) is 9.45. The minimum Gasteiger partial charge on any atom is -0.467 e. The number of rotatable bonds is 4. The van der Waals surface area contributed by atoms with Gasteiger partial charge in [0.15, 0.2) is 0 Å². The second kappa shape index (κ2) is 6.74. The lowest BCUT2D eigenvalue weighted by Gasteiger charge is -2.34. The first kappa shape index (κ1) is 15.9. The molecule has 0 spiro atoms. The molecule has 2 aromatic rings. The lowest BCUT2D eigenvalue weighted by atomic mass is 10.0. The highest BCUT2D eigenvalue weighted by atomic mass is 16.3. The fraction of sp³-hybridized carbons (Fsp3) is 0.500. The lowest BCUT2D eigenvalue weighted by molar-refractivity contribution is -0.137. The maximum absolute atomic E-state index is 12.9. The van der Waals surface area contributed by atoms with E-state index in [1.165, 1.54) is 0 Å². The van der Waals surface area contributed by atoms with Crippen LogP contribution < -0.4 is 0 Å². The van der Waals surface area contributed by atoms with Crippen molar-refractivity contribution in [3.63, 3.8) is 0 Å². The molecule has 0 aromatic carbocycles. The molecule has 7 heteroatoms. The van der Waals surface area contributed by atoms with Gasteiger partial charge >= 0.3 is 0 Å². The smallest absolute Gasteiger partial charge is 0.228 e. The summed E-state index contributed by atoms with van der Waals surface area (Å²) < 4.78 is 7.39. The van der Waals surface area contributed by atoms with Crippen molar-refractivity contribution in [2.45, 2.75) is 31.8 Å². The molecule has 0 bridgehead atoms. The van der Waals surface area contributed by atoms with Crippen molar-refractivity contribution in [2.75, 3.05) is 19.6 Å². The van der Waals surface area contributed by atoms with Crippen LogP contribution in [0.25, 0.3) is 0 Å². The highest BCUT2D eigenvalue weighted by Gasteiger charge is 2.38. The third kappa shape index (κ3) is 3.31. The summed E-state index contributed by atoms with van der Waals surface area (Å²) in [7, 11) is 0. The van der Waals surface area contributed by atoms with Gasteiger partial charge in [-0.3, -0.25) is 9.59 Å². The molecule has 2 amide bonds. The highest BCUT2D eigenvalue weighted by Crippen LogP contribution is 2.26. The topological polar surface area (TPSA) is 71.6 Å². The summed E-state index contributed by atoms with van der Waals surface area (Å²) in [5.74, 6) is 0.627. The first-order valence-corrected chi connectivity index (χ1v) is 8.77. The zero-order chi connectivity index (χ0) is 17.2. The molecule has 2 saturated heterocycles. The molecule has 0 aliphatic carbocycles. The summed E-state index contributed by atoms with van der Waals surface area (Å²) in [4.78, 5) is 32.9. The van der Waals surface area contributed by atoms with Crippen molar-refractivity contribution in [3.8, 4) is 0 Å².